The minimum Gasteiger partial charge on any atom is -0.338 e. The van der Waals surface area contributed by atoms with Crippen molar-refractivity contribution >= 4 is 5.91 Å². The number of hydrogen-bond acceptors (Lipinski definition) is 2. The number of carbonyl (C=O) groups is 1. The van der Waals surface area contributed by atoms with Gasteiger partial charge in [-0.1, -0.05) is 18.6 Å². The fraction of sp³-hybridized carbons (Fsp3) is 0.750. The molecule has 2 aliphatic rings. The predicted molar refractivity (Wildman–Crippen MR) is 60.3 cm³/mol. The third kappa shape index (κ3) is 1.81. The van der Waals surface area contributed by atoms with E-state index in [0.717, 1.165) is 38.8 Å². The highest BCUT2D eigenvalue weighted by Crippen LogP contribution is 2.38. The second-order valence-electron chi connectivity index (χ2n) is 4.93. The molecule has 84 valence electrons. The highest BCUT2D eigenvalue weighted by Gasteiger charge is 2.44. The van der Waals surface area contributed by atoms with Crippen LogP contribution in [0.4, 0.5) is 0 Å². The van der Waals surface area contributed by atoms with E-state index in [-0.39, 0.29) is 17.4 Å². The van der Waals surface area contributed by atoms with E-state index in [1.165, 1.54) is 0 Å². The Hall–Kier alpha value is -0.830. The summed E-state index contributed by atoms with van der Waals surface area (Å²) in [5.74, 6) is 0.261. The molecule has 0 spiro atoms. The van der Waals surface area contributed by atoms with Crippen molar-refractivity contribution in [3.05, 3.63) is 12.2 Å². The number of nitrogens with two attached hydrogens (primary N) is 1. The molecule has 2 atom stereocenters. The summed E-state index contributed by atoms with van der Waals surface area (Å²) < 4.78 is 0. The fourth-order valence-corrected chi connectivity index (χ4v) is 2.65. The van der Waals surface area contributed by atoms with Crippen LogP contribution >= 0.6 is 0 Å². The molecule has 15 heavy (non-hydrogen) atoms. The van der Waals surface area contributed by atoms with E-state index in [2.05, 4.69) is 12.2 Å². The maximum Gasteiger partial charge on any atom is 0.230 e. The van der Waals surface area contributed by atoms with Gasteiger partial charge in [0.2, 0.25) is 5.91 Å². The van der Waals surface area contributed by atoms with Gasteiger partial charge in [0.15, 0.2) is 0 Å². The van der Waals surface area contributed by atoms with E-state index < -0.39 is 0 Å². The van der Waals surface area contributed by atoms with Gasteiger partial charge < -0.3 is 10.6 Å². The number of amides is 1. The Morgan fingerprint density at radius 3 is 2.87 bits per heavy atom. The molecule has 0 aromatic heterocycles. The summed E-state index contributed by atoms with van der Waals surface area (Å²) in [6.45, 7) is 3.66. The van der Waals surface area contributed by atoms with Crippen molar-refractivity contribution in [1.82, 2.24) is 4.90 Å². The molecule has 1 fully saturated rings. The second kappa shape index (κ2) is 3.97. The molecule has 0 saturated heterocycles. The van der Waals surface area contributed by atoms with Crippen LogP contribution in [0.3, 0.4) is 0 Å². The van der Waals surface area contributed by atoms with Crippen LogP contribution in [-0.2, 0) is 4.79 Å². The molecule has 1 amide bonds. The minimum atomic E-state index is -0.300. The molecule has 1 heterocycles. The van der Waals surface area contributed by atoms with E-state index in [1.54, 1.807) is 0 Å². The molecule has 2 unspecified atom stereocenters. The standard InChI is InChI=1S/C12H20N2O/c1-12(7-5-6-10(12)13)11(15)14-8-3-2-4-9-14/h2-3,10H,4-9,13H2,1H3. The van der Waals surface area contributed by atoms with Crippen LogP contribution in [0, 0.1) is 5.41 Å². The highest BCUT2D eigenvalue weighted by atomic mass is 16.2. The Morgan fingerprint density at radius 1 is 1.53 bits per heavy atom. The van der Waals surface area contributed by atoms with Crippen LogP contribution < -0.4 is 5.73 Å². The average Bonchev–Trinajstić information content (AvgIpc) is 2.61. The van der Waals surface area contributed by atoms with Crippen molar-refractivity contribution in [1.29, 1.82) is 0 Å². The number of nitrogens with zero attached hydrogens (tertiary/aromatic N) is 1. The summed E-state index contributed by atoms with van der Waals surface area (Å²) in [4.78, 5) is 14.3. The first-order valence-corrected chi connectivity index (χ1v) is 5.84. The van der Waals surface area contributed by atoms with Gasteiger partial charge in [0.05, 0.1) is 5.41 Å². The molecule has 3 nitrogen and oxygen atoms in total. The van der Waals surface area contributed by atoms with Gasteiger partial charge in [-0.3, -0.25) is 4.79 Å². The molecule has 3 heteroatoms. The smallest absolute Gasteiger partial charge is 0.230 e. The quantitative estimate of drug-likeness (QED) is 0.660. The average molecular weight is 208 g/mol. The van der Waals surface area contributed by atoms with E-state index in [9.17, 15) is 4.79 Å². The van der Waals surface area contributed by atoms with Crippen molar-refractivity contribution < 1.29 is 4.79 Å². The summed E-state index contributed by atoms with van der Waals surface area (Å²) in [7, 11) is 0. The summed E-state index contributed by atoms with van der Waals surface area (Å²) in [6.07, 6.45) is 8.23. The molecule has 0 radical (unpaired) electrons. The van der Waals surface area contributed by atoms with Crippen LogP contribution in [0.5, 0.6) is 0 Å². The monoisotopic (exact) mass is 208 g/mol. The van der Waals surface area contributed by atoms with Gasteiger partial charge in [-0.05, 0) is 26.2 Å². The van der Waals surface area contributed by atoms with Gasteiger partial charge in [-0.25, -0.2) is 0 Å². The van der Waals surface area contributed by atoms with Gasteiger partial charge in [0.25, 0.3) is 0 Å². The summed E-state index contributed by atoms with van der Waals surface area (Å²) in [6, 6.07) is 0.0518. The maximum atomic E-state index is 12.3. The fourth-order valence-electron chi connectivity index (χ4n) is 2.65. The largest absolute Gasteiger partial charge is 0.338 e. The molecular weight excluding hydrogens is 188 g/mol. The lowest BCUT2D eigenvalue weighted by Crippen LogP contribution is -2.50. The second-order valence-corrected chi connectivity index (χ2v) is 4.93. The van der Waals surface area contributed by atoms with Crippen LogP contribution in [-0.4, -0.2) is 29.9 Å². The zero-order valence-electron chi connectivity index (χ0n) is 9.41. The lowest BCUT2D eigenvalue weighted by molar-refractivity contribution is -0.141. The van der Waals surface area contributed by atoms with Crippen LogP contribution in [0.15, 0.2) is 12.2 Å². The van der Waals surface area contributed by atoms with Gasteiger partial charge in [0, 0.05) is 19.1 Å². The molecule has 0 aromatic carbocycles. The molecular formula is C12H20N2O. The first kappa shape index (κ1) is 10.7. The third-order valence-electron chi connectivity index (χ3n) is 3.86. The van der Waals surface area contributed by atoms with E-state index in [1.807, 2.05) is 11.8 Å². The molecule has 2 rings (SSSR count). The van der Waals surface area contributed by atoms with Crippen LogP contribution in [0.1, 0.15) is 32.6 Å². The van der Waals surface area contributed by atoms with Crippen molar-refractivity contribution in [3.8, 4) is 0 Å². The van der Waals surface area contributed by atoms with E-state index >= 15 is 0 Å². The van der Waals surface area contributed by atoms with Crippen LogP contribution in [0.2, 0.25) is 0 Å². The number of carbonyl (C=O) groups excluding carboxylic acids is 1. The first-order valence-electron chi connectivity index (χ1n) is 5.84. The Bertz CT molecular complexity index is 287. The molecule has 1 saturated carbocycles. The summed E-state index contributed by atoms with van der Waals surface area (Å²) in [5.41, 5.74) is 5.75. The van der Waals surface area contributed by atoms with E-state index in [4.69, 9.17) is 5.73 Å². The molecule has 0 bridgehead atoms. The zero-order chi connectivity index (χ0) is 10.9. The number of rotatable bonds is 1. The van der Waals surface area contributed by atoms with Gasteiger partial charge >= 0.3 is 0 Å². The highest BCUT2D eigenvalue weighted by molar-refractivity contribution is 5.83. The molecule has 0 aromatic rings. The third-order valence-corrected chi connectivity index (χ3v) is 3.86. The van der Waals surface area contributed by atoms with Crippen LogP contribution in [0.25, 0.3) is 0 Å². The minimum absolute atomic E-state index is 0.0518. The van der Waals surface area contributed by atoms with E-state index in [0.29, 0.717) is 0 Å². The topological polar surface area (TPSA) is 46.3 Å². The van der Waals surface area contributed by atoms with Crippen molar-refractivity contribution in [3.63, 3.8) is 0 Å². The van der Waals surface area contributed by atoms with Crippen molar-refractivity contribution in [2.75, 3.05) is 13.1 Å². The Kier molecular flexibility index (Phi) is 2.83. The molecule has 1 aliphatic heterocycles. The van der Waals surface area contributed by atoms with Gasteiger partial charge in [0.1, 0.15) is 0 Å². The van der Waals surface area contributed by atoms with Gasteiger partial charge in [-0.15, -0.1) is 0 Å². The SMILES string of the molecule is CC1(C(=O)N2CC=CCC2)CCCC1N. The first-order chi connectivity index (χ1) is 7.14. The Balaban J connectivity index is 2.09. The zero-order valence-corrected chi connectivity index (χ0v) is 9.41. The lowest BCUT2D eigenvalue weighted by atomic mass is 9.83. The van der Waals surface area contributed by atoms with Crippen molar-refractivity contribution in [2.24, 2.45) is 11.1 Å². The normalized spacial score (nSPS) is 35.9. The Morgan fingerprint density at radius 2 is 2.33 bits per heavy atom. The molecule has 1 aliphatic carbocycles. The summed E-state index contributed by atoms with van der Waals surface area (Å²) in [5, 5.41) is 0. The molecule has 2 N–H and O–H groups in total. The Labute approximate surface area is 91.3 Å². The lowest BCUT2D eigenvalue weighted by Gasteiger charge is -2.35. The van der Waals surface area contributed by atoms with Gasteiger partial charge in [-0.2, -0.15) is 0 Å². The van der Waals surface area contributed by atoms with Crippen molar-refractivity contribution in [2.45, 2.75) is 38.6 Å². The number of hydrogen-bond donors (Lipinski definition) is 1. The summed E-state index contributed by atoms with van der Waals surface area (Å²) >= 11 is 0. The predicted octanol–water partition coefficient (Wildman–Crippen LogP) is 1.29. The maximum absolute atomic E-state index is 12.3.